The standard InChI is InChI=1S/C26H36O6Si4/c33-26(32-36-29-21-18-24-14-8-3-9-15-24)25(30-34-27-19-16-22-10-4-1-5-11-22)31-35-28-20-17-23-12-6-2-7-13-23/h1-15H,16-21,34-36H2,33H3. The van der Waals surface area contributed by atoms with E-state index in [2.05, 4.69) is 36.4 Å². The first-order valence-corrected chi connectivity index (χ1v) is 16.7. The van der Waals surface area contributed by atoms with Gasteiger partial charge in [-0.05, 0) is 36.0 Å². The van der Waals surface area contributed by atoms with E-state index in [-0.39, 0.29) is 0 Å². The minimum Gasteiger partial charge on any atom is -0.527 e. The summed E-state index contributed by atoms with van der Waals surface area (Å²) >= 11 is 0. The summed E-state index contributed by atoms with van der Waals surface area (Å²) < 4.78 is 35.2. The summed E-state index contributed by atoms with van der Waals surface area (Å²) in [6.45, 7) is 1.91. The fraction of sp³-hybridized carbons (Fsp3) is 0.231. The molecular weight excluding hydrogens is 521 g/mol. The minimum atomic E-state index is -1.24. The van der Waals surface area contributed by atoms with Gasteiger partial charge in [-0.25, -0.2) is 0 Å². The molecule has 0 spiro atoms. The Hall–Kier alpha value is -2.45. The molecule has 0 atom stereocenters. The van der Waals surface area contributed by atoms with Gasteiger partial charge < -0.3 is 26.6 Å². The molecule has 0 aliphatic heterocycles. The van der Waals surface area contributed by atoms with Crippen LogP contribution in [0.5, 0.6) is 0 Å². The Bertz CT molecular complexity index is 942. The second kappa shape index (κ2) is 17.9. The molecular formula is C26H36O6Si4. The van der Waals surface area contributed by atoms with Crippen LogP contribution in [0.2, 0.25) is 0 Å². The molecule has 0 aliphatic rings. The van der Waals surface area contributed by atoms with Crippen LogP contribution in [0.4, 0.5) is 0 Å². The van der Waals surface area contributed by atoms with Crippen LogP contribution in [0.3, 0.4) is 0 Å². The van der Waals surface area contributed by atoms with Crippen LogP contribution < -0.4 is 0 Å². The predicted molar refractivity (Wildman–Crippen MR) is 154 cm³/mol. The molecule has 6 nitrogen and oxygen atoms in total. The van der Waals surface area contributed by atoms with E-state index in [0.29, 0.717) is 36.0 Å². The van der Waals surface area contributed by atoms with Gasteiger partial charge in [0, 0.05) is 19.8 Å². The molecule has 0 amide bonds. The van der Waals surface area contributed by atoms with E-state index in [1.54, 1.807) is 0 Å². The summed E-state index contributed by atoms with van der Waals surface area (Å²) in [6.07, 6.45) is 2.60. The summed E-state index contributed by atoms with van der Waals surface area (Å²) in [6, 6.07) is 30.9. The van der Waals surface area contributed by atoms with Gasteiger partial charge in [0.1, 0.15) is 5.38 Å². The summed E-state index contributed by atoms with van der Waals surface area (Å²) in [5.74, 6) is 0.443. The molecule has 192 valence electrons. The molecule has 10 heteroatoms. The average Bonchev–Trinajstić information content (AvgIpc) is 2.93. The van der Waals surface area contributed by atoms with Crippen LogP contribution in [0.25, 0.3) is 0 Å². The normalized spacial score (nSPS) is 11.7. The first kappa shape index (κ1) is 28.1. The molecule has 0 aliphatic carbocycles. The van der Waals surface area contributed by atoms with E-state index in [0.717, 1.165) is 24.6 Å². The zero-order valence-corrected chi connectivity index (χ0v) is 27.2. The molecule has 0 unspecified atom stereocenters. The van der Waals surface area contributed by atoms with Crippen molar-refractivity contribution in [3.63, 3.8) is 0 Å². The maximum atomic E-state index is 5.94. The lowest BCUT2D eigenvalue weighted by molar-refractivity contribution is 0.145. The Labute approximate surface area is 224 Å². The van der Waals surface area contributed by atoms with Crippen LogP contribution in [-0.4, -0.2) is 60.1 Å². The van der Waals surface area contributed by atoms with Crippen LogP contribution in [-0.2, 0) is 45.8 Å². The van der Waals surface area contributed by atoms with Gasteiger partial charge in [0.2, 0.25) is 0 Å². The van der Waals surface area contributed by atoms with E-state index >= 15 is 0 Å². The quantitative estimate of drug-likeness (QED) is 0.134. The largest absolute Gasteiger partial charge is 0.527 e. The molecule has 0 N–H and O–H groups in total. The number of rotatable bonds is 18. The average molecular weight is 557 g/mol. The van der Waals surface area contributed by atoms with Gasteiger partial charge in [-0.15, -0.1) is 0 Å². The first-order chi connectivity index (χ1) is 17.8. The van der Waals surface area contributed by atoms with Crippen LogP contribution in [0.15, 0.2) is 102 Å². The van der Waals surface area contributed by atoms with Gasteiger partial charge in [-0.2, -0.15) is 0 Å². The lowest BCUT2D eigenvalue weighted by Crippen LogP contribution is -2.17. The molecule has 0 heterocycles. The summed E-state index contributed by atoms with van der Waals surface area (Å²) in [7, 11) is -2.99. The van der Waals surface area contributed by atoms with Crippen molar-refractivity contribution >= 4 is 40.3 Å². The van der Waals surface area contributed by atoms with Gasteiger partial charge >= 0.3 is 30.0 Å². The third kappa shape index (κ3) is 12.0. The van der Waals surface area contributed by atoms with E-state index in [4.69, 9.17) is 26.6 Å². The van der Waals surface area contributed by atoms with Crippen LogP contribution in [0.1, 0.15) is 16.7 Å². The maximum absolute atomic E-state index is 5.94. The molecule has 0 saturated carbocycles. The number of hydrogen-bond donors (Lipinski definition) is 0. The van der Waals surface area contributed by atoms with Crippen molar-refractivity contribution in [2.24, 2.45) is 0 Å². The van der Waals surface area contributed by atoms with Crippen molar-refractivity contribution in [2.45, 2.75) is 19.3 Å². The van der Waals surface area contributed by atoms with E-state index in [1.807, 2.05) is 54.6 Å². The smallest absolute Gasteiger partial charge is 0.369 e. The highest BCUT2D eigenvalue weighted by Crippen LogP contribution is 2.08. The highest BCUT2D eigenvalue weighted by atomic mass is 28.3. The molecule has 36 heavy (non-hydrogen) atoms. The fourth-order valence-electron chi connectivity index (χ4n) is 3.31. The summed E-state index contributed by atoms with van der Waals surface area (Å²) in [5, 5.41) is 0.736. The molecule has 0 fully saturated rings. The number of benzene rings is 3. The second-order valence-electron chi connectivity index (χ2n) is 8.06. The first-order valence-electron chi connectivity index (χ1n) is 12.3. The van der Waals surface area contributed by atoms with E-state index in [1.165, 1.54) is 16.7 Å². The van der Waals surface area contributed by atoms with Gasteiger partial charge in [0.15, 0.2) is 0 Å². The lowest BCUT2D eigenvalue weighted by Gasteiger charge is -2.17. The van der Waals surface area contributed by atoms with E-state index < -0.39 is 30.0 Å². The Kier molecular flexibility index (Phi) is 14.0. The highest BCUT2D eigenvalue weighted by molar-refractivity contribution is 6.27. The van der Waals surface area contributed by atoms with E-state index in [9.17, 15) is 0 Å². The van der Waals surface area contributed by atoms with Gasteiger partial charge in [0.25, 0.3) is 5.95 Å². The third-order valence-electron chi connectivity index (χ3n) is 5.33. The molecule has 3 aromatic carbocycles. The SMILES string of the molecule is [SiH3]C(O[SiH2]OCCc1ccccc1)=C(O[SiH2]OCCc1ccccc1)O[SiH2]OCCc1ccccc1. The van der Waals surface area contributed by atoms with Crippen LogP contribution in [0, 0.1) is 0 Å². The van der Waals surface area contributed by atoms with Gasteiger partial charge in [-0.1, -0.05) is 91.0 Å². The van der Waals surface area contributed by atoms with Crippen LogP contribution >= 0.6 is 0 Å². The second-order valence-corrected chi connectivity index (χ2v) is 11.8. The minimum absolute atomic E-state index is 0.443. The monoisotopic (exact) mass is 556 g/mol. The van der Waals surface area contributed by atoms with Gasteiger partial charge in [-0.3, -0.25) is 0 Å². The van der Waals surface area contributed by atoms with Crippen molar-refractivity contribution in [3.8, 4) is 0 Å². The maximum Gasteiger partial charge on any atom is 0.369 e. The fourth-order valence-corrected chi connectivity index (χ4v) is 6.81. The predicted octanol–water partition coefficient (Wildman–Crippen LogP) is 1.30. The summed E-state index contributed by atoms with van der Waals surface area (Å²) in [5.41, 5.74) is 3.77. The zero-order chi connectivity index (χ0) is 25.1. The Balaban J connectivity index is 1.38. The molecule has 0 saturated heterocycles. The van der Waals surface area contributed by atoms with Crippen molar-refractivity contribution in [1.82, 2.24) is 0 Å². The topological polar surface area (TPSA) is 55.4 Å². The lowest BCUT2D eigenvalue weighted by atomic mass is 10.2. The Morgan fingerprint density at radius 3 is 1.19 bits per heavy atom. The Morgan fingerprint density at radius 1 is 0.500 bits per heavy atom. The Morgan fingerprint density at radius 2 is 0.833 bits per heavy atom. The highest BCUT2D eigenvalue weighted by Gasteiger charge is 2.09. The molecule has 3 rings (SSSR count). The van der Waals surface area contributed by atoms with Crippen molar-refractivity contribution < 1.29 is 26.6 Å². The zero-order valence-electron chi connectivity index (χ0n) is 21.0. The molecule has 3 aromatic rings. The number of hydrogen-bond acceptors (Lipinski definition) is 6. The molecule has 0 aromatic heterocycles. The third-order valence-corrected chi connectivity index (χ3v) is 9.28. The molecule has 0 radical (unpaired) electrons. The van der Waals surface area contributed by atoms with Gasteiger partial charge in [0.05, 0.1) is 10.2 Å². The summed E-state index contributed by atoms with van der Waals surface area (Å²) in [4.78, 5) is 0. The van der Waals surface area contributed by atoms with Crippen molar-refractivity contribution in [3.05, 3.63) is 119 Å². The van der Waals surface area contributed by atoms with Crippen molar-refractivity contribution in [1.29, 1.82) is 0 Å². The molecule has 0 bridgehead atoms. The van der Waals surface area contributed by atoms with Crippen molar-refractivity contribution in [2.75, 3.05) is 19.8 Å².